The molecule has 3 amide bonds. The molecular formula is C13H18N4O3. The summed E-state index contributed by atoms with van der Waals surface area (Å²) in [5, 5.41) is 8.40. The van der Waals surface area contributed by atoms with Gasteiger partial charge in [0.2, 0.25) is 5.91 Å². The van der Waals surface area contributed by atoms with E-state index in [-0.39, 0.29) is 12.0 Å². The van der Waals surface area contributed by atoms with Crippen molar-refractivity contribution in [2.45, 2.75) is 12.5 Å². The monoisotopic (exact) mass is 278 g/mol. The summed E-state index contributed by atoms with van der Waals surface area (Å²) >= 11 is 0. The third kappa shape index (κ3) is 4.52. The van der Waals surface area contributed by atoms with E-state index >= 15 is 0 Å². The van der Waals surface area contributed by atoms with Crippen LogP contribution in [0.15, 0.2) is 24.3 Å². The second-order valence-electron chi connectivity index (χ2n) is 4.52. The lowest BCUT2D eigenvalue weighted by Crippen LogP contribution is -2.40. The van der Waals surface area contributed by atoms with Crippen molar-refractivity contribution in [1.29, 1.82) is 0 Å². The second kappa shape index (κ2) is 6.88. The van der Waals surface area contributed by atoms with Crippen molar-refractivity contribution < 1.29 is 14.3 Å². The van der Waals surface area contributed by atoms with Crippen molar-refractivity contribution in [3.05, 3.63) is 24.3 Å². The molecule has 7 heteroatoms. The van der Waals surface area contributed by atoms with Gasteiger partial charge in [-0.25, -0.2) is 4.79 Å². The lowest BCUT2D eigenvalue weighted by molar-refractivity contribution is -0.119. The predicted molar refractivity (Wildman–Crippen MR) is 75.5 cm³/mol. The van der Waals surface area contributed by atoms with Crippen LogP contribution in [0.25, 0.3) is 0 Å². The summed E-state index contributed by atoms with van der Waals surface area (Å²) < 4.78 is 5.46. The summed E-state index contributed by atoms with van der Waals surface area (Å²) in [5.74, 6) is -0.102. The molecule has 1 fully saturated rings. The number of carbonyl (C=O) groups is 2. The first-order valence-electron chi connectivity index (χ1n) is 6.42. The summed E-state index contributed by atoms with van der Waals surface area (Å²) in [7, 11) is 0. The number of primary amides is 1. The molecule has 1 aliphatic heterocycles. The third-order valence-electron chi connectivity index (χ3n) is 2.85. The standard InChI is InChI=1S/C13H18N4O3/c14-13(19)17-10-3-1-9(2-4-10)16-12(18)7-11-8-15-5-6-20-11/h1-4,11,15H,5-8H2,(H,16,18)(H3,14,17,19). The molecule has 0 radical (unpaired) electrons. The van der Waals surface area contributed by atoms with Crippen LogP contribution >= 0.6 is 0 Å². The normalized spacial score (nSPS) is 18.3. The zero-order valence-corrected chi connectivity index (χ0v) is 11.0. The van der Waals surface area contributed by atoms with Gasteiger partial charge in [0.25, 0.3) is 0 Å². The number of morpholine rings is 1. The van der Waals surface area contributed by atoms with Crippen molar-refractivity contribution in [2.75, 3.05) is 30.3 Å². The molecule has 2 rings (SSSR count). The maximum absolute atomic E-state index is 11.8. The summed E-state index contributed by atoms with van der Waals surface area (Å²) in [6, 6.07) is 6.11. The molecule has 7 nitrogen and oxygen atoms in total. The Morgan fingerprint density at radius 2 is 1.90 bits per heavy atom. The molecule has 1 unspecified atom stereocenters. The first-order valence-corrected chi connectivity index (χ1v) is 6.42. The highest BCUT2D eigenvalue weighted by atomic mass is 16.5. The Hall–Kier alpha value is -2.12. The van der Waals surface area contributed by atoms with Crippen LogP contribution in [-0.4, -0.2) is 37.7 Å². The first-order chi connectivity index (χ1) is 9.63. The van der Waals surface area contributed by atoms with E-state index in [0.29, 0.717) is 30.9 Å². The quantitative estimate of drug-likeness (QED) is 0.643. The van der Waals surface area contributed by atoms with Gasteiger partial charge in [-0.3, -0.25) is 4.79 Å². The molecule has 0 bridgehead atoms. The van der Waals surface area contributed by atoms with Gasteiger partial charge in [0.05, 0.1) is 19.1 Å². The number of amides is 3. The highest BCUT2D eigenvalue weighted by molar-refractivity contribution is 5.92. The van der Waals surface area contributed by atoms with E-state index in [1.807, 2.05) is 0 Å². The Bertz CT molecular complexity index is 469. The van der Waals surface area contributed by atoms with E-state index in [1.54, 1.807) is 24.3 Å². The maximum atomic E-state index is 11.8. The van der Waals surface area contributed by atoms with E-state index in [0.717, 1.165) is 6.54 Å². The highest BCUT2D eigenvalue weighted by Crippen LogP contribution is 2.14. The Labute approximate surface area is 116 Å². The van der Waals surface area contributed by atoms with Crippen molar-refractivity contribution >= 4 is 23.3 Å². The van der Waals surface area contributed by atoms with E-state index in [1.165, 1.54) is 0 Å². The van der Waals surface area contributed by atoms with Gasteiger partial charge >= 0.3 is 6.03 Å². The van der Waals surface area contributed by atoms with Gasteiger partial charge in [-0.1, -0.05) is 0 Å². The number of rotatable bonds is 4. The van der Waals surface area contributed by atoms with Gasteiger partial charge in [-0.2, -0.15) is 0 Å². The molecule has 1 aromatic rings. The molecule has 5 N–H and O–H groups in total. The van der Waals surface area contributed by atoms with Crippen LogP contribution in [0.5, 0.6) is 0 Å². The van der Waals surface area contributed by atoms with E-state index in [9.17, 15) is 9.59 Å². The summed E-state index contributed by atoms with van der Waals surface area (Å²) in [6.45, 7) is 2.15. The Morgan fingerprint density at radius 3 is 2.45 bits per heavy atom. The smallest absolute Gasteiger partial charge is 0.316 e. The molecule has 1 atom stereocenters. The summed E-state index contributed by atoms with van der Waals surface area (Å²) in [5.41, 5.74) is 6.25. The Balaban J connectivity index is 1.82. The second-order valence-corrected chi connectivity index (χ2v) is 4.52. The number of ether oxygens (including phenoxy) is 1. The lowest BCUT2D eigenvalue weighted by atomic mass is 10.2. The van der Waals surface area contributed by atoms with Crippen LogP contribution in [-0.2, 0) is 9.53 Å². The Morgan fingerprint density at radius 1 is 1.25 bits per heavy atom. The zero-order valence-electron chi connectivity index (χ0n) is 11.0. The highest BCUT2D eigenvalue weighted by Gasteiger charge is 2.17. The lowest BCUT2D eigenvalue weighted by Gasteiger charge is -2.23. The number of hydrogen-bond donors (Lipinski definition) is 4. The molecule has 1 heterocycles. The minimum atomic E-state index is -0.622. The van der Waals surface area contributed by atoms with Gasteiger partial charge in [-0.05, 0) is 24.3 Å². The molecule has 1 saturated heterocycles. The largest absolute Gasteiger partial charge is 0.375 e. The topological polar surface area (TPSA) is 105 Å². The SMILES string of the molecule is NC(=O)Nc1ccc(NC(=O)CC2CNCCO2)cc1. The average Bonchev–Trinajstić information content (AvgIpc) is 2.41. The minimum Gasteiger partial charge on any atom is -0.375 e. The molecule has 0 aromatic heterocycles. The number of nitrogens with one attached hydrogen (secondary N) is 3. The molecule has 108 valence electrons. The summed E-state index contributed by atoms with van der Waals surface area (Å²) in [4.78, 5) is 22.5. The van der Waals surface area contributed by atoms with Gasteiger partial charge in [0.1, 0.15) is 0 Å². The number of urea groups is 1. The molecule has 0 saturated carbocycles. The van der Waals surface area contributed by atoms with Crippen LogP contribution < -0.4 is 21.7 Å². The van der Waals surface area contributed by atoms with Crippen molar-refractivity contribution in [1.82, 2.24) is 5.32 Å². The van der Waals surface area contributed by atoms with E-state index < -0.39 is 6.03 Å². The number of anilines is 2. The van der Waals surface area contributed by atoms with Gasteiger partial charge in [0, 0.05) is 24.5 Å². The molecule has 1 aromatic carbocycles. The predicted octanol–water partition coefficient (Wildman–Crippen LogP) is 0.494. The van der Waals surface area contributed by atoms with Gasteiger partial charge in [-0.15, -0.1) is 0 Å². The Kier molecular flexibility index (Phi) is 4.91. The number of hydrogen-bond acceptors (Lipinski definition) is 4. The zero-order chi connectivity index (χ0) is 14.4. The summed E-state index contributed by atoms with van der Waals surface area (Å²) in [6.07, 6.45) is 0.230. The third-order valence-corrected chi connectivity index (χ3v) is 2.85. The molecular weight excluding hydrogens is 260 g/mol. The van der Waals surface area contributed by atoms with Gasteiger partial charge in [0.15, 0.2) is 0 Å². The van der Waals surface area contributed by atoms with Crippen LogP contribution in [0.3, 0.4) is 0 Å². The maximum Gasteiger partial charge on any atom is 0.316 e. The average molecular weight is 278 g/mol. The number of carbonyl (C=O) groups excluding carboxylic acids is 2. The van der Waals surface area contributed by atoms with Crippen LogP contribution in [0.4, 0.5) is 16.2 Å². The molecule has 0 spiro atoms. The van der Waals surface area contributed by atoms with Gasteiger partial charge < -0.3 is 26.4 Å². The number of benzene rings is 1. The van der Waals surface area contributed by atoms with Crippen molar-refractivity contribution in [3.8, 4) is 0 Å². The van der Waals surface area contributed by atoms with Crippen LogP contribution in [0, 0.1) is 0 Å². The van der Waals surface area contributed by atoms with Crippen LogP contribution in [0.2, 0.25) is 0 Å². The number of nitrogens with two attached hydrogens (primary N) is 1. The van der Waals surface area contributed by atoms with E-state index in [2.05, 4.69) is 16.0 Å². The molecule has 20 heavy (non-hydrogen) atoms. The minimum absolute atomic E-state index is 0.0837. The van der Waals surface area contributed by atoms with Crippen LogP contribution in [0.1, 0.15) is 6.42 Å². The van der Waals surface area contributed by atoms with Crippen molar-refractivity contribution in [3.63, 3.8) is 0 Å². The fourth-order valence-corrected chi connectivity index (χ4v) is 1.95. The molecule has 1 aliphatic rings. The molecule has 0 aliphatic carbocycles. The fourth-order valence-electron chi connectivity index (χ4n) is 1.95. The first kappa shape index (κ1) is 14.3. The van der Waals surface area contributed by atoms with Crippen molar-refractivity contribution in [2.24, 2.45) is 5.73 Å². The fraction of sp³-hybridized carbons (Fsp3) is 0.385. The van der Waals surface area contributed by atoms with E-state index in [4.69, 9.17) is 10.5 Å².